The quantitative estimate of drug-likeness (QED) is 0.707. The van der Waals surface area contributed by atoms with Crippen molar-refractivity contribution in [3.8, 4) is 0 Å². The van der Waals surface area contributed by atoms with Gasteiger partial charge in [-0.25, -0.2) is 13.6 Å². The van der Waals surface area contributed by atoms with Gasteiger partial charge in [0.2, 0.25) is 10.0 Å². The van der Waals surface area contributed by atoms with Gasteiger partial charge >= 0.3 is 0 Å². The number of hydrogen-bond donors (Lipinski definition) is 3. The summed E-state index contributed by atoms with van der Waals surface area (Å²) in [6.45, 7) is 5.86. The van der Waals surface area contributed by atoms with E-state index in [4.69, 9.17) is 10.9 Å². The highest BCUT2D eigenvalue weighted by Gasteiger charge is 2.16. The third-order valence-electron chi connectivity index (χ3n) is 3.01. The number of nitrogens with one attached hydrogen (secondary N) is 1. The summed E-state index contributed by atoms with van der Waals surface area (Å²) in [6, 6.07) is 6.45. The highest BCUT2D eigenvalue weighted by atomic mass is 32.2. The van der Waals surface area contributed by atoms with Crippen molar-refractivity contribution in [3.05, 3.63) is 24.3 Å². The van der Waals surface area contributed by atoms with Gasteiger partial charge in [-0.2, -0.15) is 0 Å². The molecule has 0 heterocycles. The molecule has 0 fully saturated rings. The van der Waals surface area contributed by atoms with Crippen LogP contribution in [0.2, 0.25) is 0 Å². The molecule has 0 amide bonds. The molecule has 0 saturated carbocycles. The fraction of sp³-hybridized carbons (Fsp3) is 0.538. The van der Waals surface area contributed by atoms with Crippen LogP contribution in [0.3, 0.4) is 0 Å². The van der Waals surface area contributed by atoms with Crippen LogP contribution in [0.15, 0.2) is 29.2 Å². The summed E-state index contributed by atoms with van der Waals surface area (Å²) in [4.78, 5) is 0.125. The van der Waals surface area contributed by atoms with Crippen molar-refractivity contribution in [2.75, 3.05) is 18.4 Å². The lowest BCUT2D eigenvalue weighted by Crippen LogP contribution is -2.24. The predicted octanol–water partition coefficient (Wildman–Crippen LogP) is 1.51. The van der Waals surface area contributed by atoms with Gasteiger partial charge in [0.25, 0.3) is 0 Å². The summed E-state index contributed by atoms with van der Waals surface area (Å²) in [5.41, 5.74) is 6.54. The Bertz CT molecular complexity index is 495. The minimum Gasteiger partial charge on any atom is -0.385 e. The van der Waals surface area contributed by atoms with Gasteiger partial charge in [0.05, 0.1) is 4.90 Å². The van der Waals surface area contributed by atoms with Crippen molar-refractivity contribution < 1.29 is 8.42 Å². The Labute approximate surface area is 115 Å². The second-order valence-corrected chi connectivity index (χ2v) is 7.04. The van der Waals surface area contributed by atoms with E-state index < -0.39 is 10.0 Å². The highest BCUT2D eigenvalue weighted by Crippen LogP contribution is 2.23. The largest absolute Gasteiger partial charge is 0.385 e. The molecule has 19 heavy (non-hydrogen) atoms. The second-order valence-electron chi connectivity index (χ2n) is 5.48. The molecule has 0 aliphatic rings. The number of rotatable bonds is 7. The van der Waals surface area contributed by atoms with Crippen LogP contribution < -0.4 is 16.2 Å². The highest BCUT2D eigenvalue weighted by molar-refractivity contribution is 7.89. The maximum Gasteiger partial charge on any atom is 0.238 e. The summed E-state index contributed by atoms with van der Waals surface area (Å²) in [5, 5.41) is 8.34. The van der Waals surface area contributed by atoms with Crippen LogP contribution >= 0.6 is 0 Å². The van der Waals surface area contributed by atoms with Crippen molar-refractivity contribution in [2.24, 2.45) is 16.3 Å². The van der Waals surface area contributed by atoms with Crippen molar-refractivity contribution in [1.29, 1.82) is 0 Å². The fourth-order valence-corrected chi connectivity index (χ4v) is 2.29. The van der Waals surface area contributed by atoms with Gasteiger partial charge in [0.15, 0.2) is 0 Å². The third-order valence-corrected chi connectivity index (χ3v) is 3.94. The van der Waals surface area contributed by atoms with Gasteiger partial charge in [-0.1, -0.05) is 13.8 Å². The van der Waals surface area contributed by atoms with E-state index in [2.05, 4.69) is 19.2 Å². The van der Waals surface area contributed by atoms with E-state index in [-0.39, 0.29) is 10.3 Å². The molecule has 0 aromatic heterocycles. The zero-order valence-corrected chi connectivity index (χ0v) is 12.3. The van der Waals surface area contributed by atoms with Crippen molar-refractivity contribution in [3.63, 3.8) is 0 Å². The molecule has 108 valence electrons. The van der Waals surface area contributed by atoms with Crippen LogP contribution in [0.1, 0.15) is 26.7 Å². The maximum atomic E-state index is 11.1. The molecule has 5 nitrogen and oxygen atoms in total. The number of benzene rings is 1. The van der Waals surface area contributed by atoms with Crippen molar-refractivity contribution in [2.45, 2.75) is 31.6 Å². The van der Waals surface area contributed by atoms with Gasteiger partial charge in [-0.15, -0.1) is 0 Å². The first-order valence-electron chi connectivity index (χ1n) is 6.31. The molecule has 0 spiro atoms. The third kappa shape index (κ3) is 5.59. The van der Waals surface area contributed by atoms with Gasteiger partial charge in [0.1, 0.15) is 0 Å². The molecule has 0 radical (unpaired) electrons. The Kier molecular flexibility index (Phi) is 5.34. The second kappa shape index (κ2) is 6.36. The Morgan fingerprint density at radius 1 is 1.21 bits per heavy atom. The topological polar surface area (TPSA) is 98.2 Å². The minimum absolute atomic E-state index is 0.125. The maximum absolute atomic E-state index is 11.1. The van der Waals surface area contributed by atoms with E-state index in [1.165, 1.54) is 12.1 Å². The van der Waals surface area contributed by atoms with Crippen molar-refractivity contribution >= 4 is 15.7 Å². The summed E-state index contributed by atoms with van der Waals surface area (Å²) in [6.07, 6.45) is 2.05. The van der Waals surface area contributed by atoms with Crippen LogP contribution in [-0.2, 0) is 10.0 Å². The molecule has 0 aliphatic carbocycles. The van der Waals surface area contributed by atoms with Crippen molar-refractivity contribution in [1.82, 2.24) is 0 Å². The molecule has 5 N–H and O–H groups in total. The van der Waals surface area contributed by atoms with Gasteiger partial charge in [0, 0.05) is 12.2 Å². The predicted molar refractivity (Wildman–Crippen MR) is 78.4 cm³/mol. The van der Waals surface area contributed by atoms with Crippen LogP contribution in [-0.4, -0.2) is 21.5 Å². The standard InChI is InChI=1S/C13H23N3O2S/c1-13(2,8-3-9-14)10-16-11-4-6-12(7-5-11)19(15,17)18/h4-7,16H,3,8-10,14H2,1-2H3,(H2,15,17,18). The van der Waals surface area contributed by atoms with Crippen LogP contribution in [0.5, 0.6) is 0 Å². The van der Waals surface area contributed by atoms with E-state index in [0.717, 1.165) is 25.1 Å². The zero-order valence-electron chi connectivity index (χ0n) is 11.5. The first-order chi connectivity index (χ1) is 8.74. The first-order valence-corrected chi connectivity index (χ1v) is 7.86. The molecule has 1 aromatic carbocycles. The fourth-order valence-electron chi connectivity index (χ4n) is 1.77. The van der Waals surface area contributed by atoms with E-state index >= 15 is 0 Å². The van der Waals surface area contributed by atoms with Crippen LogP contribution in [0.4, 0.5) is 5.69 Å². The lowest BCUT2D eigenvalue weighted by molar-refractivity contribution is 0.350. The van der Waals surface area contributed by atoms with Gasteiger partial charge < -0.3 is 11.1 Å². The SMILES string of the molecule is CC(C)(CCCN)CNc1ccc(S(N)(=O)=O)cc1. The molecule has 0 saturated heterocycles. The van der Waals surface area contributed by atoms with E-state index in [1.807, 2.05) is 0 Å². The van der Waals surface area contributed by atoms with Crippen LogP contribution in [0.25, 0.3) is 0 Å². The van der Waals surface area contributed by atoms with Gasteiger partial charge in [-0.3, -0.25) is 0 Å². The number of primary sulfonamides is 1. The molecular weight excluding hydrogens is 262 g/mol. The average Bonchev–Trinajstić information content (AvgIpc) is 2.34. The number of sulfonamides is 1. The normalized spacial score (nSPS) is 12.4. The van der Waals surface area contributed by atoms with E-state index in [1.54, 1.807) is 12.1 Å². The Morgan fingerprint density at radius 2 is 1.79 bits per heavy atom. The van der Waals surface area contributed by atoms with Crippen LogP contribution in [0, 0.1) is 5.41 Å². The molecule has 1 aromatic rings. The Hall–Kier alpha value is -1.11. The summed E-state index contributed by atoms with van der Waals surface area (Å²) >= 11 is 0. The monoisotopic (exact) mass is 285 g/mol. The lowest BCUT2D eigenvalue weighted by atomic mass is 9.87. The lowest BCUT2D eigenvalue weighted by Gasteiger charge is -2.25. The molecular formula is C13H23N3O2S. The molecule has 0 atom stereocenters. The summed E-state index contributed by atoms with van der Waals surface area (Å²) in [5.74, 6) is 0. The zero-order chi connectivity index (χ0) is 14.5. The number of hydrogen-bond acceptors (Lipinski definition) is 4. The summed E-state index contributed by atoms with van der Waals surface area (Å²) < 4.78 is 22.3. The van der Waals surface area contributed by atoms with Gasteiger partial charge in [-0.05, 0) is 49.1 Å². The molecule has 1 rings (SSSR count). The van der Waals surface area contributed by atoms with E-state index in [9.17, 15) is 8.42 Å². The molecule has 0 unspecified atom stereocenters. The molecule has 0 bridgehead atoms. The Morgan fingerprint density at radius 3 is 2.26 bits per heavy atom. The number of nitrogens with two attached hydrogens (primary N) is 2. The molecule has 0 aliphatic heterocycles. The first kappa shape index (κ1) is 15.9. The number of anilines is 1. The van der Waals surface area contributed by atoms with E-state index in [0.29, 0.717) is 6.54 Å². The summed E-state index contributed by atoms with van der Waals surface area (Å²) in [7, 11) is -3.62. The molecule has 6 heteroatoms. The average molecular weight is 285 g/mol. The minimum atomic E-state index is -3.62. The Balaban J connectivity index is 2.59. The smallest absolute Gasteiger partial charge is 0.238 e.